The quantitative estimate of drug-likeness (QED) is 0.526. The molecule has 2 bridgehead atoms. The molecule has 0 unspecified atom stereocenters. The fourth-order valence-electron chi connectivity index (χ4n) is 8.11. The number of aromatic nitrogens is 1. The molecule has 2 heterocycles. The molecule has 0 aromatic carbocycles. The summed E-state index contributed by atoms with van der Waals surface area (Å²) in [7, 11) is 0. The second-order valence-electron chi connectivity index (χ2n) is 12.3. The van der Waals surface area contributed by atoms with Gasteiger partial charge in [0, 0.05) is 50.1 Å². The van der Waals surface area contributed by atoms with Crippen molar-refractivity contribution in [3.63, 3.8) is 0 Å². The monoisotopic (exact) mass is 491 g/mol. The van der Waals surface area contributed by atoms with Crippen molar-refractivity contribution in [1.29, 1.82) is 0 Å². The SMILES string of the molecule is Cc1cc(=O)c(C(=O)NC[C@H]2C[C@@H]3C=C[C@@H]2C32CC2)c(CC2CCCC2)n1CCCN1CCCC1=O. The number of amides is 2. The largest absolute Gasteiger partial charge is 0.352 e. The van der Waals surface area contributed by atoms with Gasteiger partial charge in [0.25, 0.3) is 5.91 Å². The summed E-state index contributed by atoms with van der Waals surface area (Å²) < 4.78 is 2.22. The molecule has 3 atom stereocenters. The van der Waals surface area contributed by atoms with Gasteiger partial charge >= 0.3 is 0 Å². The van der Waals surface area contributed by atoms with E-state index in [-0.39, 0.29) is 17.2 Å². The Kier molecular flexibility index (Phi) is 6.33. The van der Waals surface area contributed by atoms with Gasteiger partial charge in [0.05, 0.1) is 0 Å². The first-order chi connectivity index (χ1) is 17.5. The van der Waals surface area contributed by atoms with Crippen LogP contribution in [-0.4, -0.2) is 40.9 Å². The van der Waals surface area contributed by atoms with E-state index in [1.807, 2.05) is 11.8 Å². The number of pyridine rings is 1. The number of nitrogens with zero attached hydrogens (tertiary/aromatic N) is 2. The Balaban J connectivity index is 1.21. The number of allylic oxidation sites excluding steroid dienone is 2. The summed E-state index contributed by atoms with van der Waals surface area (Å²) in [6, 6.07) is 1.65. The van der Waals surface area contributed by atoms with Crippen LogP contribution in [0, 0.1) is 36.0 Å². The molecule has 1 N–H and O–H groups in total. The van der Waals surface area contributed by atoms with Gasteiger partial charge in [-0.3, -0.25) is 14.4 Å². The first kappa shape index (κ1) is 24.0. The molecule has 2 amide bonds. The van der Waals surface area contributed by atoms with Crippen molar-refractivity contribution in [2.24, 2.45) is 29.1 Å². The van der Waals surface area contributed by atoms with E-state index >= 15 is 0 Å². The maximum atomic E-state index is 13.6. The molecule has 1 saturated heterocycles. The van der Waals surface area contributed by atoms with Gasteiger partial charge in [-0.1, -0.05) is 37.8 Å². The minimum absolute atomic E-state index is 0.143. The van der Waals surface area contributed by atoms with E-state index in [2.05, 4.69) is 22.0 Å². The highest BCUT2D eigenvalue weighted by Crippen LogP contribution is 2.69. The van der Waals surface area contributed by atoms with E-state index in [0.717, 1.165) is 50.3 Å². The Bertz CT molecular complexity index is 1120. The van der Waals surface area contributed by atoms with Crippen molar-refractivity contribution < 1.29 is 9.59 Å². The zero-order chi connectivity index (χ0) is 24.9. The maximum Gasteiger partial charge on any atom is 0.257 e. The molecule has 4 aliphatic carbocycles. The molecule has 194 valence electrons. The molecule has 5 aliphatic rings. The van der Waals surface area contributed by atoms with Gasteiger partial charge in [0.1, 0.15) is 5.56 Å². The van der Waals surface area contributed by atoms with Gasteiger partial charge in [0.2, 0.25) is 5.91 Å². The van der Waals surface area contributed by atoms with Crippen molar-refractivity contribution >= 4 is 11.8 Å². The summed E-state index contributed by atoms with van der Waals surface area (Å²) in [6.07, 6.45) is 16.7. The lowest BCUT2D eigenvalue weighted by Gasteiger charge is -2.24. The number of likely N-dealkylation sites (tertiary alicyclic amines) is 1. The molecule has 36 heavy (non-hydrogen) atoms. The van der Waals surface area contributed by atoms with Crippen LogP contribution in [0.5, 0.6) is 0 Å². The molecule has 4 fully saturated rings. The van der Waals surface area contributed by atoms with Crippen molar-refractivity contribution in [3.8, 4) is 0 Å². The fourth-order valence-corrected chi connectivity index (χ4v) is 8.11. The Morgan fingerprint density at radius 2 is 1.92 bits per heavy atom. The second kappa shape index (κ2) is 9.50. The van der Waals surface area contributed by atoms with Gasteiger partial charge in [-0.25, -0.2) is 0 Å². The van der Waals surface area contributed by atoms with Crippen LogP contribution in [0.4, 0.5) is 0 Å². The van der Waals surface area contributed by atoms with E-state index in [1.54, 1.807) is 6.07 Å². The van der Waals surface area contributed by atoms with Crippen molar-refractivity contribution in [3.05, 3.63) is 45.4 Å². The number of carbonyl (C=O) groups excluding carboxylic acids is 2. The predicted molar refractivity (Wildman–Crippen MR) is 140 cm³/mol. The van der Waals surface area contributed by atoms with Gasteiger partial charge in [-0.05, 0) is 74.5 Å². The second-order valence-corrected chi connectivity index (χ2v) is 12.3. The van der Waals surface area contributed by atoms with E-state index in [4.69, 9.17) is 0 Å². The number of carbonyl (C=O) groups is 2. The third-order valence-electron chi connectivity index (χ3n) is 10.2. The van der Waals surface area contributed by atoms with Crippen molar-refractivity contribution in [2.75, 3.05) is 19.6 Å². The smallest absolute Gasteiger partial charge is 0.257 e. The molecule has 6 rings (SSSR count). The Morgan fingerprint density at radius 3 is 2.61 bits per heavy atom. The Labute approximate surface area is 214 Å². The third-order valence-corrected chi connectivity index (χ3v) is 10.2. The van der Waals surface area contributed by atoms with Crippen LogP contribution in [0.25, 0.3) is 0 Å². The normalized spacial score (nSPS) is 28.1. The molecule has 0 radical (unpaired) electrons. The maximum absolute atomic E-state index is 13.6. The van der Waals surface area contributed by atoms with E-state index in [0.29, 0.717) is 47.6 Å². The van der Waals surface area contributed by atoms with Gasteiger partial charge in [0.15, 0.2) is 5.43 Å². The standard InChI is InChI=1S/C30H41N3O3/c1-20-16-26(34)28(29(36)31-19-22-18-23-9-10-24(22)30(23)11-12-30)25(17-21-6-2-3-7-21)33(20)15-5-14-32-13-4-8-27(32)35/h9-10,16,21-24H,2-8,11-15,17-19H2,1H3,(H,31,36)/t22-,23+,24+/m1/s1. The van der Waals surface area contributed by atoms with Crippen LogP contribution in [0.15, 0.2) is 23.0 Å². The number of aryl methyl sites for hydroxylation is 1. The molecule has 1 aliphatic heterocycles. The van der Waals surface area contributed by atoms with Crippen molar-refractivity contribution in [2.45, 2.75) is 84.1 Å². The van der Waals surface area contributed by atoms with Gasteiger partial charge in [-0.15, -0.1) is 0 Å². The number of hydrogen-bond donors (Lipinski definition) is 1. The first-order valence-corrected chi connectivity index (χ1v) is 14.4. The molecular formula is C30H41N3O3. The topological polar surface area (TPSA) is 71.4 Å². The number of rotatable bonds is 9. The fraction of sp³-hybridized carbons (Fsp3) is 0.700. The Morgan fingerprint density at radius 1 is 1.11 bits per heavy atom. The van der Waals surface area contributed by atoms with Crippen LogP contribution >= 0.6 is 0 Å². The minimum Gasteiger partial charge on any atom is -0.352 e. The highest BCUT2D eigenvalue weighted by atomic mass is 16.2. The van der Waals surface area contributed by atoms with Crippen molar-refractivity contribution in [1.82, 2.24) is 14.8 Å². The van der Waals surface area contributed by atoms with E-state index in [9.17, 15) is 14.4 Å². The molecule has 6 nitrogen and oxygen atoms in total. The summed E-state index contributed by atoms with van der Waals surface area (Å²) in [5.41, 5.74) is 2.57. The van der Waals surface area contributed by atoms with Crippen LogP contribution < -0.4 is 10.7 Å². The predicted octanol–water partition coefficient (Wildman–Crippen LogP) is 4.23. The van der Waals surface area contributed by atoms with Gasteiger partial charge in [-0.2, -0.15) is 0 Å². The highest BCUT2D eigenvalue weighted by molar-refractivity contribution is 5.95. The zero-order valence-corrected chi connectivity index (χ0v) is 21.8. The summed E-state index contributed by atoms with van der Waals surface area (Å²) >= 11 is 0. The van der Waals surface area contributed by atoms with E-state index in [1.165, 1.54) is 44.9 Å². The van der Waals surface area contributed by atoms with Crippen LogP contribution in [-0.2, 0) is 17.8 Å². The molecule has 6 heteroatoms. The average molecular weight is 492 g/mol. The lowest BCUT2D eigenvalue weighted by molar-refractivity contribution is -0.127. The molecule has 1 spiro atoms. The summed E-state index contributed by atoms with van der Waals surface area (Å²) in [5, 5.41) is 3.21. The van der Waals surface area contributed by atoms with Crippen LogP contribution in [0.3, 0.4) is 0 Å². The molecule has 1 aromatic heterocycles. The number of hydrogen-bond acceptors (Lipinski definition) is 3. The lowest BCUT2D eigenvalue weighted by atomic mass is 9.89. The molecule has 3 saturated carbocycles. The lowest BCUT2D eigenvalue weighted by Crippen LogP contribution is -2.37. The third kappa shape index (κ3) is 4.24. The molecule has 1 aromatic rings. The summed E-state index contributed by atoms with van der Waals surface area (Å²) in [4.78, 5) is 40.9. The van der Waals surface area contributed by atoms with E-state index < -0.39 is 0 Å². The highest BCUT2D eigenvalue weighted by Gasteiger charge is 2.62. The zero-order valence-electron chi connectivity index (χ0n) is 21.8. The summed E-state index contributed by atoms with van der Waals surface area (Å²) in [6.45, 7) is 4.98. The minimum atomic E-state index is -0.187. The number of nitrogens with one attached hydrogen (secondary N) is 1. The summed E-state index contributed by atoms with van der Waals surface area (Å²) in [5.74, 6) is 2.39. The average Bonchev–Trinajstić information content (AvgIpc) is 3.12. The Hall–Kier alpha value is -2.37. The van der Waals surface area contributed by atoms with Crippen LogP contribution in [0.2, 0.25) is 0 Å². The first-order valence-electron chi connectivity index (χ1n) is 14.4. The van der Waals surface area contributed by atoms with Crippen LogP contribution in [0.1, 0.15) is 86.0 Å². The van der Waals surface area contributed by atoms with Gasteiger partial charge < -0.3 is 14.8 Å². The molecular weight excluding hydrogens is 450 g/mol.